The summed E-state index contributed by atoms with van der Waals surface area (Å²) in [6, 6.07) is 10.8. The average molecular weight is 519 g/mol. The Hall–Kier alpha value is -2.59. The van der Waals surface area contributed by atoms with Crippen LogP contribution in [-0.2, 0) is 27.8 Å². The number of hydrogen-bond acceptors (Lipinski definition) is 8. The average Bonchev–Trinajstić information content (AvgIpc) is 3.30. The van der Waals surface area contributed by atoms with Crippen LogP contribution in [0, 0.1) is 0 Å². The Labute approximate surface area is 209 Å². The lowest BCUT2D eigenvalue weighted by molar-refractivity contribution is -0.192. The second-order valence-electron chi connectivity index (χ2n) is 8.75. The Bertz CT molecular complexity index is 1270. The molecule has 0 amide bonds. The van der Waals surface area contributed by atoms with Gasteiger partial charge in [0.2, 0.25) is 0 Å². The molecule has 4 rings (SSSR count). The lowest BCUT2D eigenvalue weighted by atomic mass is 10.1. The lowest BCUT2D eigenvalue weighted by Gasteiger charge is -2.25. The van der Waals surface area contributed by atoms with Gasteiger partial charge >= 0.3 is 13.3 Å². The Morgan fingerprint density at radius 1 is 1.06 bits per heavy atom. The van der Waals surface area contributed by atoms with Crippen molar-refractivity contribution in [1.82, 2.24) is 9.55 Å². The maximum Gasteiger partial charge on any atom is 0.353 e. The molecule has 2 aliphatic heterocycles. The van der Waals surface area contributed by atoms with E-state index in [-0.39, 0.29) is 13.2 Å². The largest absolute Gasteiger partial charge is 0.353 e. The molecular formula is C25H31N2O8P. The van der Waals surface area contributed by atoms with E-state index in [1.807, 2.05) is 30.3 Å². The summed E-state index contributed by atoms with van der Waals surface area (Å²) in [6.07, 6.45) is 2.09. The van der Waals surface area contributed by atoms with Gasteiger partial charge in [0.25, 0.3) is 5.56 Å². The van der Waals surface area contributed by atoms with Gasteiger partial charge in [-0.15, -0.1) is 0 Å². The zero-order valence-corrected chi connectivity index (χ0v) is 21.6. The minimum atomic E-state index is -3.49. The normalized spacial score (nSPS) is 25.7. The molecule has 0 spiro atoms. The summed E-state index contributed by atoms with van der Waals surface area (Å²) >= 11 is 0. The van der Waals surface area contributed by atoms with E-state index in [4.69, 9.17) is 23.3 Å². The fourth-order valence-electron chi connectivity index (χ4n) is 4.30. The van der Waals surface area contributed by atoms with Crippen molar-refractivity contribution >= 4 is 19.7 Å². The molecule has 10 nitrogen and oxygen atoms in total. The quantitative estimate of drug-likeness (QED) is 0.497. The van der Waals surface area contributed by atoms with Crippen LogP contribution in [0.2, 0.25) is 0 Å². The molecule has 0 saturated carbocycles. The van der Waals surface area contributed by atoms with E-state index in [2.05, 4.69) is 4.98 Å². The number of aromatic amines is 1. The summed E-state index contributed by atoms with van der Waals surface area (Å²) < 4.78 is 43.3. The number of hydrogen-bond donors (Lipinski definition) is 1. The van der Waals surface area contributed by atoms with Crippen molar-refractivity contribution in [2.75, 3.05) is 13.2 Å². The molecule has 2 saturated heterocycles. The lowest BCUT2D eigenvalue weighted by Crippen LogP contribution is -2.39. The molecule has 2 aromatic rings. The van der Waals surface area contributed by atoms with Gasteiger partial charge in [-0.2, -0.15) is 0 Å². The maximum absolute atomic E-state index is 13.0. The highest BCUT2D eigenvalue weighted by atomic mass is 31.2. The Morgan fingerprint density at radius 2 is 1.72 bits per heavy atom. The predicted octanol–water partition coefficient (Wildman–Crippen LogP) is 3.90. The van der Waals surface area contributed by atoms with E-state index in [1.165, 1.54) is 16.5 Å². The number of nitrogens with one attached hydrogen (secondary N) is 1. The van der Waals surface area contributed by atoms with Crippen LogP contribution >= 0.6 is 7.60 Å². The molecular weight excluding hydrogens is 487 g/mol. The van der Waals surface area contributed by atoms with Crippen molar-refractivity contribution in [3.05, 3.63) is 80.4 Å². The molecule has 0 bridgehead atoms. The molecule has 1 aromatic heterocycles. The van der Waals surface area contributed by atoms with Crippen molar-refractivity contribution in [3.63, 3.8) is 0 Å². The van der Waals surface area contributed by atoms with Gasteiger partial charge in [-0.1, -0.05) is 36.4 Å². The van der Waals surface area contributed by atoms with Crippen molar-refractivity contribution in [3.8, 4) is 0 Å². The number of H-pyrrole nitrogens is 1. The molecule has 0 unspecified atom stereocenters. The first-order valence-electron chi connectivity index (χ1n) is 11.8. The third-order valence-corrected chi connectivity index (χ3v) is 7.42. The summed E-state index contributed by atoms with van der Waals surface area (Å²) in [4.78, 5) is 27.4. The summed E-state index contributed by atoms with van der Waals surface area (Å²) in [5.74, 6) is 0.406. The van der Waals surface area contributed by atoms with Crippen LogP contribution in [0.5, 0.6) is 0 Å². The van der Waals surface area contributed by atoms with Gasteiger partial charge in [-0.05, 0) is 45.4 Å². The minimum Gasteiger partial charge on any atom is -0.345 e. The van der Waals surface area contributed by atoms with E-state index in [0.717, 1.165) is 5.56 Å². The first-order chi connectivity index (χ1) is 17.1. The molecule has 194 valence electrons. The zero-order chi connectivity index (χ0) is 25.9. The molecule has 1 aromatic carbocycles. The van der Waals surface area contributed by atoms with Gasteiger partial charge in [0.1, 0.15) is 18.3 Å². The SMILES string of the molecule is CCOP(=O)(/C=C\[C@H]1O[C@@H](n2c(/C=C\c3ccccc3)cc(=O)[nH]c2=O)[C@@H]2OC(C)(C)O[C@@H]21)OCC. The Morgan fingerprint density at radius 3 is 2.39 bits per heavy atom. The molecule has 36 heavy (non-hydrogen) atoms. The van der Waals surface area contributed by atoms with Gasteiger partial charge < -0.3 is 23.3 Å². The van der Waals surface area contributed by atoms with E-state index in [9.17, 15) is 14.2 Å². The standard InChI is InChI=1S/C25H31N2O8P/c1-5-31-36(30,32-6-2)15-14-19-21-22(35-25(3,4)34-21)23(33-19)27-18(16-20(28)26-24(27)29)13-12-17-10-8-7-9-11-17/h7-16,19,21-23H,5-6H2,1-4H3,(H,26,28,29)/b13-12-,15-14-/t19-,21-,22-,23-/m1/s1. The number of benzene rings is 1. The highest BCUT2D eigenvalue weighted by Gasteiger charge is 2.55. The van der Waals surface area contributed by atoms with Crippen LogP contribution in [0.4, 0.5) is 0 Å². The molecule has 0 aliphatic carbocycles. The molecule has 3 heterocycles. The monoisotopic (exact) mass is 518 g/mol. The van der Waals surface area contributed by atoms with E-state index in [1.54, 1.807) is 45.9 Å². The summed E-state index contributed by atoms with van der Waals surface area (Å²) in [7, 11) is -3.49. The van der Waals surface area contributed by atoms with Crippen molar-refractivity contribution in [1.29, 1.82) is 0 Å². The first-order valence-corrected chi connectivity index (χ1v) is 13.4. The molecule has 2 aliphatic rings. The van der Waals surface area contributed by atoms with E-state index in [0.29, 0.717) is 5.69 Å². The van der Waals surface area contributed by atoms with Crippen LogP contribution < -0.4 is 11.2 Å². The second kappa shape index (κ2) is 10.8. The first kappa shape index (κ1) is 26.5. The highest BCUT2D eigenvalue weighted by molar-refractivity contribution is 7.57. The molecule has 0 radical (unpaired) electrons. The minimum absolute atomic E-state index is 0.207. The topological polar surface area (TPSA) is 118 Å². The van der Waals surface area contributed by atoms with Gasteiger partial charge in [0.15, 0.2) is 12.0 Å². The third-order valence-electron chi connectivity index (χ3n) is 5.65. The van der Waals surface area contributed by atoms with Gasteiger partial charge in [0.05, 0.1) is 18.9 Å². The second-order valence-corrected chi connectivity index (χ2v) is 10.6. The number of rotatable bonds is 9. The number of aromatic nitrogens is 2. The van der Waals surface area contributed by atoms with Crippen LogP contribution in [0.25, 0.3) is 12.2 Å². The summed E-state index contributed by atoms with van der Waals surface area (Å²) in [6.45, 7) is 7.39. The molecule has 11 heteroatoms. The maximum atomic E-state index is 13.0. The van der Waals surface area contributed by atoms with Gasteiger partial charge in [-0.25, -0.2) is 4.79 Å². The van der Waals surface area contributed by atoms with Crippen LogP contribution in [-0.4, -0.2) is 46.9 Å². The third kappa shape index (κ3) is 5.86. The van der Waals surface area contributed by atoms with Crippen molar-refractivity contribution in [2.45, 2.75) is 58.0 Å². The zero-order valence-electron chi connectivity index (χ0n) is 20.7. The smallest absolute Gasteiger partial charge is 0.345 e. The van der Waals surface area contributed by atoms with Crippen LogP contribution in [0.15, 0.2) is 57.9 Å². The molecule has 4 atom stereocenters. The van der Waals surface area contributed by atoms with Crippen molar-refractivity contribution < 1.29 is 27.8 Å². The fourth-order valence-corrected chi connectivity index (χ4v) is 5.65. The summed E-state index contributed by atoms with van der Waals surface area (Å²) in [5, 5.41) is 0. The van der Waals surface area contributed by atoms with Crippen molar-refractivity contribution in [2.24, 2.45) is 0 Å². The number of nitrogens with zero attached hydrogens (tertiary/aromatic N) is 1. The van der Waals surface area contributed by atoms with E-state index < -0.39 is 49.2 Å². The summed E-state index contributed by atoms with van der Waals surface area (Å²) in [5.41, 5.74) is 0.0510. The highest BCUT2D eigenvalue weighted by Crippen LogP contribution is 2.51. The Kier molecular flexibility index (Phi) is 7.94. The molecule has 2 fully saturated rings. The number of fused-ring (bicyclic) bond motifs is 1. The molecule has 1 N–H and O–H groups in total. The van der Waals surface area contributed by atoms with Crippen LogP contribution in [0.1, 0.15) is 45.2 Å². The Balaban J connectivity index is 1.72. The fraction of sp³-hybridized carbons (Fsp3) is 0.440. The van der Waals surface area contributed by atoms with E-state index >= 15 is 0 Å². The van der Waals surface area contributed by atoms with Gasteiger partial charge in [-0.3, -0.25) is 18.9 Å². The number of ether oxygens (including phenoxy) is 3. The van der Waals surface area contributed by atoms with Gasteiger partial charge in [0, 0.05) is 11.9 Å². The predicted molar refractivity (Wildman–Crippen MR) is 134 cm³/mol. The van der Waals surface area contributed by atoms with Crippen LogP contribution in [0.3, 0.4) is 0 Å².